The first-order valence-corrected chi connectivity index (χ1v) is 6.53. The molecule has 3 aromatic rings. The van der Waals surface area contributed by atoms with Crippen molar-refractivity contribution < 1.29 is 14.3 Å². The van der Waals surface area contributed by atoms with Gasteiger partial charge in [0, 0.05) is 5.02 Å². The fourth-order valence-corrected chi connectivity index (χ4v) is 2.46. The van der Waals surface area contributed by atoms with Crippen molar-refractivity contribution in [1.82, 2.24) is 9.55 Å². The number of fused-ring (bicyclic) bond motifs is 1. The van der Waals surface area contributed by atoms with Gasteiger partial charge in [-0.15, -0.1) is 0 Å². The molecule has 6 heteroatoms. The summed E-state index contributed by atoms with van der Waals surface area (Å²) in [6.07, 6.45) is 0. The number of carboxylic acids is 1. The van der Waals surface area contributed by atoms with Crippen LogP contribution in [0.25, 0.3) is 16.7 Å². The smallest absolute Gasteiger partial charge is 0.335 e. The zero-order valence-electron chi connectivity index (χ0n) is 11.0. The molecule has 0 radical (unpaired) electrons. The van der Waals surface area contributed by atoms with Crippen LogP contribution in [0.15, 0.2) is 36.4 Å². The summed E-state index contributed by atoms with van der Waals surface area (Å²) in [5, 5.41) is 9.48. The van der Waals surface area contributed by atoms with Crippen LogP contribution in [0.5, 0.6) is 0 Å². The molecule has 0 saturated carbocycles. The first-order valence-electron chi connectivity index (χ1n) is 6.15. The normalized spacial score (nSPS) is 11.0. The van der Waals surface area contributed by atoms with E-state index in [9.17, 15) is 9.18 Å². The quantitative estimate of drug-likeness (QED) is 0.783. The predicted octanol–water partition coefficient (Wildman–Crippen LogP) is 3.82. The van der Waals surface area contributed by atoms with E-state index in [0.29, 0.717) is 21.9 Å². The van der Waals surface area contributed by atoms with Gasteiger partial charge in [0.2, 0.25) is 0 Å². The van der Waals surface area contributed by atoms with E-state index in [4.69, 9.17) is 16.7 Å². The Hall–Kier alpha value is -2.40. The van der Waals surface area contributed by atoms with Crippen LogP contribution < -0.4 is 0 Å². The average molecular weight is 305 g/mol. The molecule has 0 spiro atoms. The number of rotatable bonds is 2. The van der Waals surface area contributed by atoms with Gasteiger partial charge in [0.15, 0.2) is 0 Å². The number of hydrogen-bond donors (Lipinski definition) is 1. The highest BCUT2D eigenvalue weighted by Crippen LogP contribution is 2.26. The minimum Gasteiger partial charge on any atom is -0.478 e. The molecule has 1 N–H and O–H groups in total. The Morgan fingerprint density at radius 3 is 2.76 bits per heavy atom. The van der Waals surface area contributed by atoms with Crippen molar-refractivity contribution in [3.63, 3.8) is 0 Å². The van der Waals surface area contributed by atoms with Crippen LogP contribution in [0.2, 0.25) is 5.02 Å². The summed E-state index contributed by atoms with van der Waals surface area (Å²) in [6, 6.07) is 8.75. The van der Waals surface area contributed by atoms with Gasteiger partial charge in [0.25, 0.3) is 0 Å². The molecule has 0 aliphatic carbocycles. The number of aromatic carboxylic acids is 1. The number of imidazole rings is 1. The lowest BCUT2D eigenvalue weighted by molar-refractivity contribution is 0.0697. The van der Waals surface area contributed by atoms with Crippen molar-refractivity contribution in [2.75, 3.05) is 0 Å². The van der Waals surface area contributed by atoms with Crippen LogP contribution in [0.3, 0.4) is 0 Å². The Balaban J connectivity index is 2.35. The van der Waals surface area contributed by atoms with Crippen LogP contribution >= 0.6 is 11.6 Å². The molecular formula is C15H10ClFN2O2. The summed E-state index contributed by atoms with van der Waals surface area (Å²) >= 11 is 5.92. The van der Waals surface area contributed by atoms with E-state index in [1.54, 1.807) is 17.6 Å². The van der Waals surface area contributed by atoms with Crippen LogP contribution in [-0.2, 0) is 0 Å². The van der Waals surface area contributed by atoms with E-state index in [1.807, 2.05) is 0 Å². The van der Waals surface area contributed by atoms with Gasteiger partial charge in [-0.05, 0) is 43.3 Å². The molecule has 0 aliphatic heterocycles. The zero-order chi connectivity index (χ0) is 15.1. The molecule has 0 amide bonds. The molecule has 0 bridgehead atoms. The first-order chi connectivity index (χ1) is 9.97. The van der Waals surface area contributed by atoms with Gasteiger partial charge in [0.05, 0.1) is 22.3 Å². The summed E-state index contributed by atoms with van der Waals surface area (Å²) in [5.74, 6) is -0.954. The number of nitrogens with zero attached hydrogens (tertiary/aromatic N) is 2. The third kappa shape index (κ3) is 2.25. The SMILES string of the molecule is Cc1nc2ccc(C(=O)O)cc2n1-c1cc(Cl)ccc1F. The second-order valence-corrected chi connectivity index (χ2v) is 5.04. The second kappa shape index (κ2) is 4.86. The third-order valence-electron chi connectivity index (χ3n) is 3.22. The second-order valence-electron chi connectivity index (χ2n) is 4.60. The van der Waals surface area contributed by atoms with Gasteiger partial charge in [-0.25, -0.2) is 14.2 Å². The Bertz CT molecular complexity index is 873. The van der Waals surface area contributed by atoms with Crippen LogP contribution in [0, 0.1) is 12.7 Å². The van der Waals surface area contributed by atoms with Gasteiger partial charge in [0.1, 0.15) is 11.6 Å². The predicted molar refractivity (Wildman–Crippen MR) is 77.7 cm³/mol. The number of benzene rings is 2. The standard InChI is InChI=1S/C15H10ClFN2O2/c1-8-18-12-5-2-9(15(20)21)6-14(12)19(8)13-7-10(16)3-4-11(13)17/h2-7H,1H3,(H,20,21). The van der Waals surface area contributed by atoms with Gasteiger partial charge >= 0.3 is 5.97 Å². The largest absolute Gasteiger partial charge is 0.478 e. The highest BCUT2D eigenvalue weighted by molar-refractivity contribution is 6.30. The zero-order valence-corrected chi connectivity index (χ0v) is 11.7. The Kier molecular flexibility index (Phi) is 3.14. The van der Waals surface area contributed by atoms with E-state index in [0.717, 1.165) is 0 Å². The Morgan fingerprint density at radius 1 is 1.29 bits per heavy atom. The number of halogens is 2. The maximum absolute atomic E-state index is 14.1. The Morgan fingerprint density at radius 2 is 2.05 bits per heavy atom. The average Bonchev–Trinajstić information content (AvgIpc) is 2.76. The highest BCUT2D eigenvalue weighted by atomic mass is 35.5. The number of hydrogen-bond acceptors (Lipinski definition) is 2. The maximum Gasteiger partial charge on any atom is 0.335 e. The van der Waals surface area contributed by atoms with Crippen molar-refractivity contribution in [1.29, 1.82) is 0 Å². The number of aryl methyl sites for hydroxylation is 1. The van der Waals surface area contributed by atoms with Crippen molar-refractivity contribution >= 4 is 28.6 Å². The Labute approximate surface area is 124 Å². The topological polar surface area (TPSA) is 55.1 Å². The van der Waals surface area contributed by atoms with Crippen LogP contribution in [0.1, 0.15) is 16.2 Å². The molecule has 21 heavy (non-hydrogen) atoms. The molecule has 0 fully saturated rings. The van der Waals surface area contributed by atoms with Crippen molar-refractivity contribution in [3.8, 4) is 5.69 Å². The van der Waals surface area contributed by atoms with Gasteiger partial charge in [-0.2, -0.15) is 0 Å². The molecule has 106 valence electrons. The van der Waals surface area contributed by atoms with Crippen LogP contribution in [0.4, 0.5) is 4.39 Å². The van der Waals surface area contributed by atoms with E-state index >= 15 is 0 Å². The van der Waals surface area contributed by atoms with Gasteiger partial charge in [-0.1, -0.05) is 11.6 Å². The summed E-state index contributed by atoms with van der Waals surface area (Å²) in [6.45, 7) is 1.72. The number of aromatic nitrogens is 2. The molecule has 1 aromatic heterocycles. The maximum atomic E-state index is 14.1. The molecule has 3 rings (SSSR count). The van der Waals surface area contributed by atoms with Gasteiger partial charge < -0.3 is 5.11 Å². The lowest BCUT2D eigenvalue weighted by Gasteiger charge is -2.09. The van der Waals surface area contributed by atoms with E-state index in [1.165, 1.54) is 30.3 Å². The number of carbonyl (C=O) groups is 1. The van der Waals surface area contributed by atoms with Crippen molar-refractivity contribution in [3.05, 3.63) is 58.6 Å². The fourth-order valence-electron chi connectivity index (χ4n) is 2.29. The minimum atomic E-state index is -1.05. The molecule has 2 aromatic carbocycles. The molecule has 0 atom stereocenters. The van der Waals surface area contributed by atoms with E-state index < -0.39 is 11.8 Å². The van der Waals surface area contributed by atoms with Gasteiger partial charge in [-0.3, -0.25) is 4.57 Å². The first kappa shape index (κ1) is 13.6. The summed E-state index contributed by atoms with van der Waals surface area (Å²) in [5.41, 5.74) is 1.47. The van der Waals surface area contributed by atoms with Crippen molar-refractivity contribution in [2.45, 2.75) is 6.92 Å². The van der Waals surface area contributed by atoms with E-state index in [2.05, 4.69) is 4.98 Å². The molecule has 0 saturated heterocycles. The molecule has 1 heterocycles. The monoisotopic (exact) mass is 304 g/mol. The third-order valence-corrected chi connectivity index (χ3v) is 3.45. The van der Waals surface area contributed by atoms with Crippen LogP contribution in [-0.4, -0.2) is 20.6 Å². The molecule has 0 unspecified atom stereocenters. The summed E-state index contributed by atoms with van der Waals surface area (Å²) in [4.78, 5) is 15.4. The molecule has 4 nitrogen and oxygen atoms in total. The molecular weight excluding hydrogens is 295 g/mol. The lowest BCUT2D eigenvalue weighted by Crippen LogP contribution is -2.01. The molecule has 0 aliphatic rings. The number of carboxylic acid groups (broad SMARTS) is 1. The highest BCUT2D eigenvalue weighted by Gasteiger charge is 2.15. The summed E-state index contributed by atoms with van der Waals surface area (Å²) in [7, 11) is 0. The summed E-state index contributed by atoms with van der Waals surface area (Å²) < 4.78 is 15.6. The van der Waals surface area contributed by atoms with E-state index in [-0.39, 0.29) is 11.3 Å². The van der Waals surface area contributed by atoms with Crippen molar-refractivity contribution in [2.24, 2.45) is 0 Å². The lowest BCUT2D eigenvalue weighted by atomic mass is 10.2. The minimum absolute atomic E-state index is 0.117. The fraction of sp³-hybridized carbons (Fsp3) is 0.0667.